The number of aliphatic hydroxyl groups is 1. The molecule has 0 radical (unpaired) electrons. The number of unbranched alkanes of at least 4 members (excludes halogenated alkanes) is 13. The van der Waals surface area contributed by atoms with Gasteiger partial charge in [0, 0.05) is 6.61 Å². The lowest BCUT2D eigenvalue weighted by Crippen LogP contribution is -1.97. The predicted octanol–water partition coefficient (Wildman–Crippen LogP) is 10.0. The fourth-order valence-electron chi connectivity index (χ4n) is 3.88. The first-order chi connectivity index (χ1) is 14.3. The lowest BCUT2D eigenvalue weighted by atomic mass is 9.94. The molecule has 0 fully saturated rings. The highest BCUT2D eigenvalue weighted by molar-refractivity contribution is 4.80. The molecule has 1 nitrogen and oxygen atoms in total. The summed E-state index contributed by atoms with van der Waals surface area (Å²) in [6.07, 6.45) is 31.9. The average molecular weight is 411 g/mol. The second-order valence-corrected chi connectivity index (χ2v) is 8.87. The van der Waals surface area contributed by atoms with E-state index in [4.69, 9.17) is 5.11 Å². The van der Waals surface area contributed by atoms with Crippen LogP contribution in [-0.2, 0) is 0 Å². The fourth-order valence-corrected chi connectivity index (χ4v) is 3.88. The van der Waals surface area contributed by atoms with Crippen LogP contribution in [-0.4, -0.2) is 11.7 Å². The summed E-state index contributed by atoms with van der Waals surface area (Å²) in [5, 5.41) is 8.46. The predicted molar refractivity (Wildman–Crippen MR) is 135 cm³/mol. The lowest BCUT2D eigenvalue weighted by Gasteiger charge is -2.12. The van der Waals surface area contributed by atoms with Crippen LogP contribution in [0.1, 0.15) is 156 Å². The SMILES string of the molecule is CCCCCCC=CCCO.CCCCCCCCCCCCC(CC)CCC. The maximum atomic E-state index is 8.46. The zero-order valence-corrected chi connectivity index (χ0v) is 21.0. The Morgan fingerprint density at radius 2 is 1.00 bits per heavy atom. The second kappa shape index (κ2) is 29.9. The molecule has 0 aliphatic heterocycles. The van der Waals surface area contributed by atoms with Crippen LogP contribution in [0, 0.1) is 5.92 Å². The van der Waals surface area contributed by atoms with Gasteiger partial charge in [-0.25, -0.2) is 0 Å². The van der Waals surface area contributed by atoms with Crippen molar-refractivity contribution in [1.82, 2.24) is 0 Å². The van der Waals surface area contributed by atoms with E-state index in [9.17, 15) is 0 Å². The van der Waals surface area contributed by atoms with E-state index in [1.165, 1.54) is 122 Å². The van der Waals surface area contributed by atoms with E-state index in [2.05, 4.69) is 39.8 Å². The van der Waals surface area contributed by atoms with Crippen LogP contribution in [0.25, 0.3) is 0 Å². The van der Waals surface area contributed by atoms with Gasteiger partial charge in [0.25, 0.3) is 0 Å². The van der Waals surface area contributed by atoms with Gasteiger partial charge in [0.05, 0.1) is 0 Å². The van der Waals surface area contributed by atoms with Crippen LogP contribution < -0.4 is 0 Å². The third-order valence-corrected chi connectivity index (χ3v) is 5.93. The summed E-state index contributed by atoms with van der Waals surface area (Å²) < 4.78 is 0. The Kier molecular flexibility index (Phi) is 31.8. The van der Waals surface area contributed by atoms with Gasteiger partial charge >= 0.3 is 0 Å². The Morgan fingerprint density at radius 1 is 0.517 bits per heavy atom. The first kappa shape index (κ1) is 30.9. The van der Waals surface area contributed by atoms with Crippen LogP contribution in [0.4, 0.5) is 0 Å². The van der Waals surface area contributed by atoms with E-state index in [1.54, 1.807) is 0 Å². The van der Waals surface area contributed by atoms with Gasteiger partial charge in [0.15, 0.2) is 0 Å². The van der Waals surface area contributed by atoms with Gasteiger partial charge in [-0.3, -0.25) is 0 Å². The van der Waals surface area contributed by atoms with Gasteiger partial charge in [-0.15, -0.1) is 0 Å². The number of aliphatic hydroxyl groups excluding tert-OH is 1. The minimum atomic E-state index is 0.283. The highest BCUT2D eigenvalue weighted by atomic mass is 16.2. The summed E-state index contributed by atoms with van der Waals surface area (Å²) in [5.41, 5.74) is 0. The molecule has 176 valence electrons. The molecule has 0 aromatic heterocycles. The molecule has 0 bridgehead atoms. The van der Waals surface area contributed by atoms with Crippen molar-refractivity contribution in [1.29, 1.82) is 0 Å². The third-order valence-electron chi connectivity index (χ3n) is 5.93. The molecule has 0 spiro atoms. The number of rotatable bonds is 21. The van der Waals surface area contributed by atoms with Crippen LogP contribution in [0.5, 0.6) is 0 Å². The van der Waals surface area contributed by atoms with Crippen molar-refractivity contribution in [3.05, 3.63) is 12.2 Å². The van der Waals surface area contributed by atoms with Crippen LogP contribution in [0.3, 0.4) is 0 Å². The normalized spacial score (nSPS) is 12.2. The number of hydrogen-bond donors (Lipinski definition) is 1. The van der Waals surface area contributed by atoms with Crippen molar-refractivity contribution in [3.8, 4) is 0 Å². The molecule has 0 rings (SSSR count). The Hall–Kier alpha value is -0.300. The first-order valence-corrected chi connectivity index (χ1v) is 13.5. The molecule has 0 saturated heterocycles. The highest BCUT2D eigenvalue weighted by Crippen LogP contribution is 2.19. The van der Waals surface area contributed by atoms with E-state index < -0.39 is 0 Å². The van der Waals surface area contributed by atoms with Crippen molar-refractivity contribution in [2.75, 3.05) is 6.61 Å². The van der Waals surface area contributed by atoms with Gasteiger partial charge < -0.3 is 5.11 Å². The van der Waals surface area contributed by atoms with Gasteiger partial charge in [0.2, 0.25) is 0 Å². The maximum absolute atomic E-state index is 8.46. The summed E-state index contributed by atoms with van der Waals surface area (Å²) in [7, 11) is 0. The molecule has 1 atom stereocenters. The van der Waals surface area contributed by atoms with E-state index in [0.717, 1.165) is 12.3 Å². The second-order valence-electron chi connectivity index (χ2n) is 8.87. The van der Waals surface area contributed by atoms with Gasteiger partial charge in [-0.2, -0.15) is 0 Å². The molecule has 1 unspecified atom stereocenters. The number of hydrogen-bond acceptors (Lipinski definition) is 1. The molecule has 0 heterocycles. The van der Waals surface area contributed by atoms with E-state index in [-0.39, 0.29) is 6.61 Å². The molecular weight excluding hydrogens is 352 g/mol. The van der Waals surface area contributed by atoms with Crippen LogP contribution in [0.15, 0.2) is 12.2 Å². The van der Waals surface area contributed by atoms with Crippen molar-refractivity contribution >= 4 is 0 Å². The standard InChI is InChI=1S/C18H38.C10H20O/c1-4-7-8-9-10-11-12-13-14-15-17-18(6-3)16-5-2;1-2-3-4-5-6-7-8-9-10-11/h18H,4-17H2,1-3H3;7-8,11H,2-6,9-10H2,1H3. The summed E-state index contributed by atoms with van der Waals surface area (Å²) in [6, 6.07) is 0. The van der Waals surface area contributed by atoms with Crippen LogP contribution in [0.2, 0.25) is 0 Å². The molecule has 0 saturated carbocycles. The summed E-state index contributed by atoms with van der Waals surface area (Å²) in [4.78, 5) is 0. The Morgan fingerprint density at radius 3 is 1.48 bits per heavy atom. The minimum absolute atomic E-state index is 0.283. The summed E-state index contributed by atoms with van der Waals surface area (Å²) >= 11 is 0. The van der Waals surface area contributed by atoms with E-state index in [1.807, 2.05) is 0 Å². The largest absolute Gasteiger partial charge is 0.396 e. The topological polar surface area (TPSA) is 20.2 Å². The smallest absolute Gasteiger partial charge is 0.0465 e. The Bertz CT molecular complexity index is 284. The van der Waals surface area contributed by atoms with Crippen LogP contribution >= 0.6 is 0 Å². The van der Waals surface area contributed by atoms with Gasteiger partial charge in [0.1, 0.15) is 0 Å². The molecule has 0 amide bonds. The van der Waals surface area contributed by atoms with E-state index in [0.29, 0.717) is 0 Å². The summed E-state index contributed by atoms with van der Waals surface area (Å²) in [6.45, 7) is 9.48. The number of allylic oxidation sites excluding steroid dienone is 1. The van der Waals surface area contributed by atoms with Gasteiger partial charge in [-0.05, 0) is 25.2 Å². The van der Waals surface area contributed by atoms with Gasteiger partial charge in [-0.1, -0.05) is 149 Å². The lowest BCUT2D eigenvalue weighted by molar-refractivity contribution is 0.302. The third kappa shape index (κ3) is 30.0. The zero-order valence-electron chi connectivity index (χ0n) is 21.0. The quantitative estimate of drug-likeness (QED) is 0.147. The molecule has 0 aromatic rings. The van der Waals surface area contributed by atoms with Crippen molar-refractivity contribution in [3.63, 3.8) is 0 Å². The highest BCUT2D eigenvalue weighted by Gasteiger charge is 2.04. The molecule has 1 heteroatoms. The zero-order chi connectivity index (χ0) is 21.8. The fraction of sp³-hybridized carbons (Fsp3) is 0.929. The Labute approximate surface area is 186 Å². The van der Waals surface area contributed by atoms with Crippen molar-refractivity contribution in [2.24, 2.45) is 5.92 Å². The van der Waals surface area contributed by atoms with E-state index >= 15 is 0 Å². The summed E-state index contributed by atoms with van der Waals surface area (Å²) in [5.74, 6) is 1.02. The monoisotopic (exact) mass is 410 g/mol. The van der Waals surface area contributed by atoms with Crippen molar-refractivity contribution in [2.45, 2.75) is 156 Å². The molecule has 0 aliphatic carbocycles. The first-order valence-electron chi connectivity index (χ1n) is 13.5. The molecule has 0 aromatic carbocycles. The molecule has 1 N–H and O–H groups in total. The Balaban J connectivity index is 0. The van der Waals surface area contributed by atoms with Crippen molar-refractivity contribution < 1.29 is 5.11 Å². The molecule has 29 heavy (non-hydrogen) atoms. The average Bonchev–Trinajstić information content (AvgIpc) is 2.74. The molecule has 0 aliphatic rings. The maximum Gasteiger partial charge on any atom is 0.0465 e. The minimum Gasteiger partial charge on any atom is -0.396 e. The molecular formula is C28H58O.